The van der Waals surface area contributed by atoms with E-state index in [-0.39, 0.29) is 17.0 Å². The monoisotopic (exact) mass is 387 g/mol. The van der Waals surface area contributed by atoms with Crippen LogP contribution in [0, 0.1) is 0 Å². The summed E-state index contributed by atoms with van der Waals surface area (Å²) in [6, 6.07) is 19.4. The summed E-state index contributed by atoms with van der Waals surface area (Å²) in [6.07, 6.45) is 0. The molecule has 0 amide bonds. The first kappa shape index (κ1) is 18.4. The minimum absolute atomic E-state index is 0.0397. The summed E-state index contributed by atoms with van der Waals surface area (Å²) in [4.78, 5) is 39.9. The molecule has 0 aliphatic heterocycles. The molecular weight excluding hydrogens is 370 g/mol. The van der Waals surface area contributed by atoms with Crippen molar-refractivity contribution in [2.45, 2.75) is 0 Å². The maximum atomic E-state index is 13.0. The van der Waals surface area contributed by atoms with Gasteiger partial charge in [-0.15, -0.1) is 0 Å². The Kier molecular flexibility index (Phi) is 4.78. The Morgan fingerprint density at radius 3 is 2.48 bits per heavy atom. The zero-order chi connectivity index (χ0) is 20.4. The van der Waals surface area contributed by atoms with Crippen LogP contribution in [0.3, 0.4) is 0 Å². The molecule has 0 radical (unpaired) electrons. The highest BCUT2D eigenvalue weighted by Gasteiger charge is 2.21. The Labute approximate surface area is 165 Å². The van der Waals surface area contributed by atoms with Crippen LogP contribution in [0.4, 0.5) is 0 Å². The molecule has 0 aliphatic rings. The van der Waals surface area contributed by atoms with Gasteiger partial charge >= 0.3 is 5.97 Å². The van der Waals surface area contributed by atoms with Crippen molar-refractivity contribution in [2.75, 3.05) is 6.61 Å². The molecule has 0 atom stereocenters. The third kappa shape index (κ3) is 3.58. The second kappa shape index (κ2) is 7.55. The lowest BCUT2D eigenvalue weighted by molar-refractivity contribution is 0.0467. The van der Waals surface area contributed by atoms with Gasteiger partial charge in [0.15, 0.2) is 12.3 Å². The van der Waals surface area contributed by atoms with Crippen molar-refractivity contribution in [3.63, 3.8) is 0 Å². The molecule has 0 aliphatic carbocycles. The second-order valence-electron chi connectivity index (χ2n) is 6.47. The number of aromatic amines is 1. The number of nitrogens with one attached hydrogen (secondary N) is 1. The normalized spacial score (nSPS) is 10.8. The Hall–Kier alpha value is -4.00. The first-order valence-electron chi connectivity index (χ1n) is 8.95. The highest BCUT2D eigenvalue weighted by Crippen LogP contribution is 2.30. The number of esters is 1. The smallest absolute Gasteiger partial charge is 0.359 e. The van der Waals surface area contributed by atoms with E-state index in [0.29, 0.717) is 11.3 Å². The standard InChI is InChI=1S/C22H17N3O4/c1-25-19(27)12-11-17(24-25)22(28)29-13-18(26)20-15-9-5-6-10-16(15)23-21(20)14-7-3-2-4-8-14/h2-12,23H,13H2,1H3. The Balaban J connectivity index is 1.64. The first-order valence-corrected chi connectivity index (χ1v) is 8.95. The molecule has 144 valence electrons. The largest absolute Gasteiger partial charge is 0.453 e. The number of benzene rings is 2. The number of hydrogen-bond donors (Lipinski definition) is 1. The summed E-state index contributed by atoms with van der Waals surface area (Å²) in [7, 11) is 1.43. The molecule has 2 heterocycles. The first-order chi connectivity index (χ1) is 14.0. The minimum atomic E-state index is -0.768. The minimum Gasteiger partial charge on any atom is -0.453 e. The van der Waals surface area contributed by atoms with Crippen LogP contribution in [0.1, 0.15) is 20.8 Å². The molecule has 2 aromatic heterocycles. The number of ether oxygens (including phenoxy) is 1. The van der Waals surface area contributed by atoms with Crippen molar-refractivity contribution in [3.05, 3.63) is 88.3 Å². The van der Waals surface area contributed by atoms with Gasteiger partial charge in [0.25, 0.3) is 5.56 Å². The Bertz CT molecular complexity index is 1270. The SMILES string of the molecule is Cn1nc(C(=O)OCC(=O)c2c(-c3ccccc3)[nH]c3ccccc23)ccc1=O. The third-order valence-electron chi connectivity index (χ3n) is 4.55. The Morgan fingerprint density at radius 2 is 1.72 bits per heavy atom. The molecule has 0 fully saturated rings. The fourth-order valence-corrected chi connectivity index (χ4v) is 3.14. The molecule has 1 N–H and O–H groups in total. The molecule has 4 rings (SSSR count). The van der Waals surface area contributed by atoms with Crippen molar-refractivity contribution in [1.29, 1.82) is 0 Å². The molecular formula is C22H17N3O4. The molecule has 4 aromatic rings. The maximum Gasteiger partial charge on any atom is 0.359 e. The summed E-state index contributed by atoms with van der Waals surface area (Å²) < 4.78 is 6.20. The zero-order valence-corrected chi connectivity index (χ0v) is 15.6. The average molecular weight is 387 g/mol. The van der Waals surface area contributed by atoms with E-state index in [2.05, 4.69) is 10.1 Å². The number of rotatable bonds is 5. The molecule has 0 saturated carbocycles. The van der Waals surface area contributed by atoms with Crippen LogP contribution in [-0.2, 0) is 11.8 Å². The van der Waals surface area contributed by atoms with Gasteiger partial charge in [-0.05, 0) is 17.7 Å². The van der Waals surface area contributed by atoms with Crippen molar-refractivity contribution in [3.8, 4) is 11.3 Å². The molecule has 7 heteroatoms. The highest BCUT2D eigenvalue weighted by molar-refractivity contribution is 6.14. The number of hydrogen-bond acceptors (Lipinski definition) is 5. The van der Waals surface area contributed by atoms with E-state index in [4.69, 9.17) is 4.74 Å². The van der Waals surface area contributed by atoms with E-state index in [1.54, 1.807) is 0 Å². The third-order valence-corrected chi connectivity index (χ3v) is 4.55. The fraction of sp³-hybridized carbons (Fsp3) is 0.0909. The van der Waals surface area contributed by atoms with Crippen LogP contribution in [0.25, 0.3) is 22.2 Å². The van der Waals surface area contributed by atoms with Gasteiger partial charge in [-0.3, -0.25) is 9.59 Å². The molecule has 0 spiro atoms. The number of fused-ring (bicyclic) bond motifs is 1. The highest BCUT2D eigenvalue weighted by atomic mass is 16.5. The number of carbonyl (C=O) groups excluding carboxylic acids is 2. The molecule has 7 nitrogen and oxygen atoms in total. The van der Waals surface area contributed by atoms with Crippen molar-refractivity contribution in [2.24, 2.45) is 7.05 Å². The van der Waals surface area contributed by atoms with E-state index in [0.717, 1.165) is 21.1 Å². The van der Waals surface area contributed by atoms with Crippen molar-refractivity contribution >= 4 is 22.7 Å². The molecule has 29 heavy (non-hydrogen) atoms. The van der Waals surface area contributed by atoms with Crippen molar-refractivity contribution in [1.82, 2.24) is 14.8 Å². The average Bonchev–Trinajstić information content (AvgIpc) is 3.14. The molecule has 2 aromatic carbocycles. The molecule has 0 saturated heterocycles. The summed E-state index contributed by atoms with van der Waals surface area (Å²) in [6.45, 7) is -0.439. The fourth-order valence-electron chi connectivity index (χ4n) is 3.14. The predicted molar refractivity (Wildman–Crippen MR) is 108 cm³/mol. The predicted octanol–water partition coefficient (Wildman–Crippen LogP) is 2.97. The lowest BCUT2D eigenvalue weighted by atomic mass is 10.0. The van der Waals surface area contributed by atoms with Gasteiger partial charge in [0.1, 0.15) is 0 Å². The van der Waals surface area contributed by atoms with Gasteiger partial charge in [0.05, 0.1) is 11.3 Å². The van der Waals surface area contributed by atoms with E-state index >= 15 is 0 Å². The van der Waals surface area contributed by atoms with Crippen LogP contribution in [-0.4, -0.2) is 33.1 Å². The topological polar surface area (TPSA) is 94.1 Å². The summed E-state index contributed by atoms with van der Waals surface area (Å²) >= 11 is 0. The van der Waals surface area contributed by atoms with Gasteiger partial charge in [0.2, 0.25) is 5.78 Å². The summed E-state index contributed by atoms with van der Waals surface area (Å²) in [5.74, 6) is -1.10. The van der Waals surface area contributed by atoms with Gasteiger partial charge in [-0.2, -0.15) is 5.10 Å². The maximum absolute atomic E-state index is 13.0. The van der Waals surface area contributed by atoms with E-state index in [1.807, 2.05) is 54.6 Å². The quantitative estimate of drug-likeness (QED) is 0.420. The van der Waals surface area contributed by atoms with Gasteiger partial charge in [-0.1, -0.05) is 48.5 Å². The Morgan fingerprint density at radius 1 is 1.00 bits per heavy atom. The van der Waals surface area contributed by atoms with Gasteiger partial charge < -0.3 is 9.72 Å². The number of Topliss-reactive ketones (excluding diaryl/α,β-unsaturated/α-hetero) is 1. The lowest BCUT2D eigenvalue weighted by Gasteiger charge is -2.07. The molecule has 0 unspecified atom stereocenters. The van der Waals surface area contributed by atoms with Crippen molar-refractivity contribution < 1.29 is 14.3 Å². The number of para-hydroxylation sites is 1. The van der Waals surface area contributed by atoms with E-state index in [9.17, 15) is 14.4 Å². The number of H-pyrrole nitrogens is 1. The van der Waals surface area contributed by atoms with Crippen LogP contribution >= 0.6 is 0 Å². The van der Waals surface area contributed by atoms with E-state index in [1.165, 1.54) is 19.2 Å². The summed E-state index contributed by atoms with van der Waals surface area (Å²) in [5.41, 5.74) is 2.44. The number of carbonyl (C=O) groups is 2. The molecule has 0 bridgehead atoms. The van der Waals surface area contributed by atoms with Crippen LogP contribution in [0.5, 0.6) is 0 Å². The van der Waals surface area contributed by atoms with Crippen LogP contribution in [0.15, 0.2) is 71.5 Å². The van der Waals surface area contributed by atoms with Gasteiger partial charge in [-0.25, -0.2) is 9.48 Å². The summed E-state index contributed by atoms with van der Waals surface area (Å²) in [5, 5.41) is 4.60. The number of aryl methyl sites for hydroxylation is 1. The number of aromatic nitrogens is 3. The van der Waals surface area contributed by atoms with Crippen LogP contribution < -0.4 is 5.56 Å². The van der Waals surface area contributed by atoms with Crippen LogP contribution in [0.2, 0.25) is 0 Å². The lowest BCUT2D eigenvalue weighted by Crippen LogP contribution is -2.23. The number of nitrogens with zero attached hydrogens (tertiary/aromatic N) is 2. The van der Waals surface area contributed by atoms with Gasteiger partial charge in [0, 0.05) is 24.0 Å². The second-order valence-corrected chi connectivity index (χ2v) is 6.47. The zero-order valence-electron chi connectivity index (χ0n) is 15.6. The number of ketones is 1. The van der Waals surface area contributed by atoms with E-state index < -0.39 is 12.6 Å².